The summed E-state index contributed by atoms with van der Waals surface area (Å²) in [5, 5.41) is 0. The van der Waals surface area contributed by atoms with Crippen LogP contribution in [0.3, 0.4) is 0 Å². The van der Waals surface area contributed by atoms with Crippen molar-refractivity contribution in [2.45, 2.75) is 30.8 Å². The highest BCUT2D eigenvalue weighted by molar-refractivity contribution is 5.44. The summed E-state index contributed by atoms with van der Waals surface area (Å²) in [4.78, 5) is 17.0. The molecule has 2 unspecified atom stereocenters. The smallest absolute Gasteiger partial charge is 0.200 e. The molecule has 0 amide bonds. The molecule has 0 spiro atoms. The molecule has 2 fully saturated rings. The molecule has 148 valence electrons. The molecule has 3 heterocycles. The Morgan fingerprint density at radius 1 is 0.931 bits per heavy atom. The Hall–Kier alpha value is -3.00. The highest BCUT2D eigenvalue weighted by atomic mass is 19.2. The first-order valence-electron chi connectivity index (χ1n) is 9.51. The molecule has 0 bridgehead atoms. The van der Waals surface area contributed by atoms with Crippen molar-refractivity contribution in [3.05, 3.63) is 65.7 Å². The van der Waals surface area contributed by atoms with Crippen LogP contribution in [0.2, 0.25) is 0 Å². The molecule has 1 aromatic carbocycles. The van der Waals surface area contributed by atoms with Crippen LogP contribution < -0.4 is 4.74 Å². The van der Waals surface area contributed by atoms with Gasteiger partial charge in [-0.3, -0.25) is 0 Å². The average Bonchev–Trinajstić information content (AvgIpc) is 3.40. The van der Waals surface area contributed by atoms with Gasteiger partial charge in [0.2, 0.25) is 5.82 Å². The van der Waals surface area contributed by atoms with E-state index in [2.05, 4.69) is 19.9 Å². The standard InChI is InChI=1S/C21H18F2N4O2/c22-17-6-12(7-18(19(17)23)29-14-2-5-28-11-14)15-8-16(15)13-9-26-21(27-10-13)20-24-3-1-4-25-20/h1,3-4,6-7,9-10,14-16H,2,5,8,11H2/t14-,15?,16?/m1/s1. The van der Waals surface area contributed by atoms with E-state index in [4.69, 9.17) is 9.47 Å². The number of benzene rings is 1. The van der Waals surface area contributed by atoms with Crippen LogP contribution in [0, 0.1) is 11.6 Å². The summed E-state index contributed by atoms with van der Waals surface area (Å²) in [6.45, 7) is 0.968. The number of hydrogen-bond acceptors (Lipinski definition) is 6. The highest BCUT2D eigenvalue weighted by Gasteiger charge is 2.41. The van der Waals surface area contributed by atoms with E-state index >= 15 is 0 Å². The molecule has 1 saturated carbocycles. The molecule has 8 heteroatoms. The Morgan fingerprint density at radius 2 is 1.66 bits per heavy atom. The minimum absolute atomic E-state index is 0.0472. The SMILES string of the molecule is Fc1cc(C2CC2c2cnc(-c3ncccn3)nc2)cc(O[C@@H]2CCOC2)c1F. The minimum atomic E-state index is -0.951. The lowest BCUT2D eigenvalue weighted by molar-refractivity contribution is 0.137. The molecule has 0 N–H and O–H groups in total. The van der Waals surface area contributed by atoms with E-state index in [1.807, 2.05) is 0 Å². The molecule has 1 aliphatic carbocycles. The van der Waals surface area contributed by atoms with Gasteiger partial charge in [-0.1, -0.05) is 0 Å². The van der Waals surface area contributed by atoms with Gasteiger partial charge in [-0.15, -0.1) is 0 Å². The number of halogens is 2. The molecule has 2 aliphatic rings. The quantitative estimate of drug-likeness (QED) is 0.656. The third-order valence-corrected chi connectivity index (χ3v) is 5.28. The summed E-state index contributed by atoms with van der Waals surface area (Å²) in [6.07, 6.45) is 8.02. The van der Waals surface area contributed by atoms with Crippen molar-refractivity contribution < 1.29 is 18.3 Å². The normalized spacial score (nSPS) is 23.2. The number of rotatable bonds is 5. The van der Waals surface area contributed by atoms with Gasteiger partial charge in [0.25, 0.3) is 0 Å². The van der Waals surface area contributed by atoms with Gasteiger partial charge < -0.3 is 9.47 Å². The number of aromatic nitrogens is 4. The Bertz CT molecular complexity index is 1010. The second kappa shape index (κ2) is 7.44. The highest BCUT2D eigenvalue weighted by Crippen LogP contribution is 2.55. The van der Waals surface area contributed by atoms with Gasteiger partial charge in [-0.25, -0.2) is 24.3 Å². The van der Waals surface area contributed by atoms with Crippen LogP contribution in [0.25, 0.3) is 11.6 Å². The third kappa shape index (κ3) is 3.67. The third-order valence-electron chi connectivity index (χ3n) is 5.28. The molecule has 1 saturated heterocycles. The molecule has 5 rings (SSSR count). The van der Waals surface area contributed by atoms with E-state index in [-0.39, 0.29) is 23.7 Å². The van der Waals surface area contributed by atoms with E-state index < -0.39 is 11.6 Å². The zero-order valence-electron chi connectivity index (χ0n) is 15.5. The predicted octanol–water partition coefficient (Wildman–Crippen LogP) is 3.65. The lowest BCUT2D eigenvalue weighted by Crippen LogP contribution is -2.17. The Labute approximate surface area is 166 Å². The van der Waals surface area contributed by atoms with Crippen LogP contribution >= 0.6 is 0 Å². The molecule has 2 aromatic heterocycles. The van der Waals surface area contributed by atoms with E-state index in [1.54, 1.807) is 36.9 Å². The number of nitrogens with zero attached hydrogens (tertiary/aromatic N) is 4. The first-order chi connectivity index (χ1) is 14.2. The zero-order chi connectivity index (χ0) is 19.8. The molecule has 3 aromatic rings. The molecule has 3 atom stereocenters. The molecular formula is C21H18F2N4O2. The maximum atomic E-state index is 14.2. The van der Waals surface area contributed by atoms with Crippen molar-refractivity contribution in [3.63, 3.8) is 0 Å². The van der Waals surface area contributed by atoms with E-state index in [0.29, 0.717) is 31.3 Å². The largest absolute Gasteiger partial charge is 0.485 e. The van der Waals surface area contributed by atoms with Crippen LogP contribution in [0.1, 0.15) is 35.8 Å². The number of hydrogen-bond donors (Lipinski definition) is 0. The van der Waals surface area contributed by atoms with Crippen LogP contribution in [0.5, 0.6) is 5.75 Å². The Morgan fingerprint density at radius 3 is 2.38 bits per heavy atom. The van der Waals surface area contributed by atoms with Gasteiger partial charge in [0.05, 0.1) is 13.2 Å². The van der Waals surface area contributed by atoms with Crippen molar-refractivity contribution in [1.29, 1.82) is 0 Å². The van der Waals surface area contributed by atoms with Gasteiger partial charge >= 0.3 is 0 Å². The van der Waals surface area contributed by atoms with Gasteiger partial charge in [0, 0.05) is 31.2 Å². The lowest BCUT2D eigenvalue weighted by Gasteiger charge is -2.14. The average molecular weight is 396 g/mol. The topological polar surface area (TPSA) is 70.0 Å². The summed E-state index contributed by atoms with van der Waals surface area (Å²) in [5.41, 5.74) is 1.67. The van der Waals surface area contributed by atoms with Crippen molar-refractivity contribution >= 4 is 0 Å². The molecule has 29 heavy (non-hydrogen) atoms. The molecule has 0 radical (unpaired) electrons. The van der Waals surface area contributed by atoms with Gasteiger partial charge in [-0.05, 0) is 47.6 Å². The summed E-state index contributed by atoms with van der Waals surface area (Å²) in [6, 6.07) is 4.59. The molecular weight excluding hydrogens is 378 g/mol. The Kier molecular flexibility index (Phi) is 4.63. The summed E-state index contributed by atoms with van der Waals surface area (Å²) in [5.74, 6) is -0.737. The van der Waals surface area contributed by atoms with Crippen LogP contribution in [0.4, 0.5) is 8.78 Å². The predicted molar refractivity (Wildman–Crippen MR) is 99.4 cm³/mol. The van der Waals surface area contributed by atoms with Gasteiger partial charge in [0.15, 0.2) is 23.2 Å². The lowest BCUT2D eigenvalue weighted by atomic mass is 10.1. The van der Waals surface area contributed by atoms with Crippen LogP contribution in [-0.4, -0.2) is 39.3 Å². The molecule has 6 nitrogen and oxygen atoms in total. The molecule has 1 aliphatic heterocycles. The zero-order valence-corrected chi connectivity index (χ0v) is 15.5. The summed E-state index contributed by atoms with van der Waals surface area (Å²) in [7, 11) is 0. The van der Waals surface area contributed by atoms with Crippen molar-refractivity contribution in [3.8, 4) is 17.4 Å². The Balaban J connectivity index is 1.33. The van der Waals surface area contributed by atoms with E-state index in [9.17, 15) is 8.78 Å². The first kappa shape index (κ1) is 18.1. The minimum Gasteiger partial charge on any atom is -0.485 e. The van der Waals surface area contributed by atoms with Crippen LogP contribution in [0.15, 0.2) is 43.0 Å². The second-order valence-electron chi connectivity index (χ2n) is 7.28. The fourth-order valence-electron chi connectivity index (χ4n) is 3.66. The maximum Gasteiger partial charge on any atom is 0.200 e. The summed E-state index contributed by atoms with van der Waals surface area (Å²) >= 11 is 0. The summed E-state index contributed by atoms with van der Waals surface area (Å²) < 4.78 is 39.2. The van der Waals surface area contributed by atoms with Crippen molar-refractivity contribution in [1.82, 2.24) is 19.9 Å². The number of ether oxygens (including phenoxy) is 2. The monoisotopic (exact) mass is 396 g/mol. The fraction of sp³-hybridized carbons (Fsp3) is 0.333. The fourth-order valence-corrected chi connectivity index (χ4v) is 3.66. The van der Waals surface area contributed by atoms with Gasteiger partial charge in [-0.2, -0.15) is 4.39 Å². The van der Waals surface area contributed by atoms with Gasteiger partial charge in [0.1, 0.15) is 6.10 Å². The van der Waals surface area contributed by atoms with Crippen LogP contribution in [-0.2, 0) is 4.74 Å². The second-order valence-corrected chi connectivity index (χ2v) is 7.28. The first-order valence-corrected chi connectivity index (χ1v) is 9.51. The van der Waals surface area contributed by atoms with Crippen molar-refractivity contribution in [2.24, 2.45) is 0 Å². The van der Waals surface area contributed by atoms with E-state index in [1.165, 1.54) is 6.07 Å². The van der Waals surface area contributed by atoms with E-state index in [0.717, 1.165) is 17.5 Å². The van der Waals surface area contributed by atoms with Crippen molar-refractivity contribution in [2.75, 3.05) is 13.2 Å². The maximum absolute atomic E-state index is 14.2.